The Morgan fingerprint density at radius 1 is 0.235 bits per heavy atom. The van der Waals surface area contributed by atoms with E-state index in [4.69, 9.17) is 0 Å². The zero-order chi connectivity index (χ0) is 45.0. The van der Waals surface area contributed by atoms with Gasteiger partial charge in [0.1, 0.15) is 0 Å². The van der Waals surface area contributed by atoms with Gasteiger partial charge in [-0.25, -0.2) is 0 Å². The quantitative estimate of drug-likeness (QED) is 0.137. The molecule has 13 aromatic rings. The van der Waals surface area contributed by atoms with E-state index >= 15 is 0 Å². The third kappa shape index (κ3) is 7.02. The van der Waals surface area contributed by atoms with Gasteiger partial charge in [-0.3, -0.25) is 0 Å². The van der Waals surface area contributed by atoms with E-state index in [1.807, 2.05) is 11.3 Å². The summed E-state index contributed by atoms with van der Waals surface area (Å²) in [7, 11) is 0. The summed E-state index contributed by atoms with van der Waals surface area (Å²) in [5, 5.41) is 10.1. The highest BCUT2D eigenvalue weighted by atomic mass is 32.1. The molecule has 0 aliphatic carbocycles. The van der Waals surface area contributed by atoms with Crippen molar-refractivity contribution < 1.29 is 0 Å². The first kappa shape index (κ1) is 39.8. The third-order valence-corrected chi connectivity index (χ3v) is 14.8. The van der Waals surface area contributed by atoms with E-state index in [-0.39, 0.29) is 0 Å². The van der Waals surface area contributed by atoms with E-state index in [9.17, 15) is 0 Å². The van der Waals surface area contributed by atoms with Crippen molar-refractivity contribution in [3.63, 3.8) is 0 Å². The zero-order valence-corrected chi connectivity index (χ0v) is 38.0. The first-order valence-corrected chi connectivity index (χ1v) is 24.1. The van der Waals surface area contributed by atoms with Crippen LogP contribution in [0.5, 0.6) is 0 Å². The summed E-state index contributed by atoms with van der Waals surface area (Å²) >= 11 is 1.86. The van der Waals surface area contributed by atoms with Crippen LogP contribution in [-0.4, -0.2) is 0 Å². The van der Waals surface area contributed by atoms with Gasteiger partial charge in [0.05, 0.1) is 5.69 Å². The second-order valence-corrected chi connectivity index (χ2v) is 18.7. The van der Waals surface area contributed by atoms with Gasteiger partial charge >= 0.3 is 0 Å². The molecule has 0 bridgehead atoms. The van der Waals surface area contributed by atoms with Crippen LogP contribution in [0.1, 0.15) is 0 Å². The van der Waals surface area contributed by atoms with E-state index in [0.717, 1.165) is 28.2 Å². The number of hydrogen-bond acceptors (Lipinski definition) is 2. The molecule has 13 rings (SSSR count). The minimum Gasteiger partial charge on any atom is -0.310 e. The Hall–Kier alpha value is -8.56. The first-order valence-electron chi connectivity index (χ1n) is 23.3. The average Bonchev–Trinajstić information content (AvgIpc) is 3.79. The van der Waals surface area contributed by atoms with Crippen molar-refractivity contribution >= 4 is 80.9 Å². The predicted octanol–water partition coefficient (Wildman–Crippen LogP) is 19.3. The second kappa shape index (κ2) is 16.7. The minimum absolute atomic E-state index is 1.08. The lowest BCUT2D eigenvalue weighted by Crippen LogP contribution is -2.11. The van der Waals surface area contributed by atoms with Crippen LogP contribution in [0.3, 0.4) is 0 Å². The zero-order valence-electron chi connectivity index (χ0n) is 37.2. The molecule has 0 aliphatic rings. The van der Waals surface area contributed by atoms with Crippen LogP contribution in [0, 0.1) is 0 Å². The number of fused-ring (bicyclic) bond motifs is 7. The van der Waals surface area contributed by atoms with Gasteiger partial charge in [0.25, 0.3) is 0 Å². The number of nitrogens with zero attached hydrogens (tertiary/aromatic N) is 1. The average molecular weight is 882 g/mol. The lowest BCUT2D eigenvalue weighted by Gasteiger charge is -2.29. The van der Waals surface area contributed by atoms with Crippen LogP contribution in [0.25, 0.3) is 108 Å². The molecular formula is C66H43NS. The molecule has 0 saturated carbocycles. The highest BCUT2D eigenvalue weighted by Gasteiger charge is 2.21. The van der Waals surface area contributed by atoms with Crippen LogP contribution in [0.15, 0.2) is 261 Å². The summed E-state index contributed by atoms with van der Waals surface area (Å²) in [5.74, 6) is 0. The first-order chi connectivity index (χ1) is 33.7. The van der Waals surface area contributed by atoms with Gasteiger partial charge in [-0.05, 0) is 143 Å². The fourth-order valence-electron chi connectivity index (χ4n) is 10.3. The topological polar surface area (TPSA) is 3.24 Å². The SMILES string of the molecule is c1ccc(-c2ccc(-c3cc4ccccc4c4ccccc34)cc2N(c2ccc(-c3cccc(-c4cccc5ccccc45)c3)cc2)c2ccc(-c3ccc4sc5ccccc5c4c3)cc2)cc1. The Morgan fingerprint density at radius 2 is 0.765 bits per heavy atom. The molecule has 1 heterocycles. The van der Waals surface area contributed by atoms with Crippen molar-refractivity contribution in [2.45, 2.75) is 0 Å². The van der Waals surface area contributed by atoms with E-state index in [2.05, 4.69) is 266 Å². The van der Waals surface area contributed by atoms with Gasteiger partial charge in [-0.15, -0.1) is 11.3 Å². The van der Waals surface area contributed by atoms with Gasteiger partial charge in [0, 0.05) is 37.1 Å². The normalized spacial score (nSPS) is 11.5. The molecule has 1 aromatic heterocycles. The summed E-state index contributed by atoms with van der Waals surface area (Å²) in [6, 6.07) is 95.9. The lowest BCUT2D eigenvalue weighted by molar-refractivity contribution is 1.28. The van der Waals surface area contributed by atoms with Crippen molar-refractivity contribution in [3.05, 3.63) is 261 Å². The molecule has 1 nitrogen and oxygen atoms in total. The minimum atomic E-state index is 1.08. The molecule has 2 heteroatoms. The molecule has 0 aliphatic heterocycles. The molecule has 68 heavy (non-hydrogen) atoms. The lowest BCUT2D eigenvalue weighted by atomic mass is 9.91. The summed E-state index contributed by atoms with van der Waals surface area (Å²) in [6.45, 7) is 0. The van der Waals surface area contributed by atoms with Crippen LogP contribution >= 0.6 is 11.3 Å². The van der Waals surface area contributed by atoms with Crippen molar-refractivity contribution in [2.24, 2.45) is 0 Å². The summed E-state index contributed by atoms with van der Waals surface area (Å²) in [6.07, 6.45) is 0. The second-order valence-electron chi connectivity index (χ2n) is 17.6. The molecule has 12 aromatic carbocycles. The van der Waals surface area contributed by atoms with Crippen molar-refractivity contribution in [2.75, 3.05) is 4.90 Å². The van der Waals surface area contributed by atoms with Gasteiger partial charge in [0.15, 0.2) is 0 Å². The van der Waals surface area contributed by atoms with Gasteiger partial charge in [-0.2, -0.15) is 0 Å². The predicted molar refractivity (Wildman–Crippen MR) is 294 cm³/mol. The van der Waals surface area contributed by atoms with Gasteiger partial charge in [-0.1, -0.05) is 200 Å². The highest BCUT2D eigenvalue weighted by molar-refractivity contribution is 7.25. The van der Waals surface area contributed by atoms with Gasteiger partial charge in [0.2, 0.25) is 0 Å². The Bertz CT molecular complexity index is 4010. The maximum atomic E-state index is 2.45. The molecular weight excluding hydrogens is 839 g/mol. The monoisotopic (exact) mass is 881 g/mol. The Balaban J connectivity index is 0.974. The van der Waals surface area contributed by atoms with Crippen LogP contribution < -0.4 is 4.90 Å². The largest absolute Gasteiger partial charge is 0.310 e. The van der Waals surface area contributed by atoms with Crippen LogP contribution in [0.4, 0.5) is 17.1 Å². The summed E-state index contributed by atoms with van der Waals surface area (Å²) in [4.78, 5) is 2.45. The number of hydrogen-bond donors (Lipinski definition) is 0. The molecule has 318 valence electrons. The van der Waals surface area contributed by atoms with E-state index < -0.39 is 0 Å². The van der Waals surface area contributed by atoms with E-state index in [1.165, 1.54) is 97.0 Å². The Kier molecular flexibility index (Phi) is 9.77. The molecule has 0 N–H and O–H groups in total. The maximum Gasteiger partial charge on any atom is 0.0546 e. The smallest absolute Gasteiger partial charge is 0.0546 e. The fourth-order valence-corrected chi connectivity index (χ4v) is 11.4. The Morgan fingerprint density at radius 3 is 1.54 bits per heavy atom. The standard InChI is InChI=1S/C66H43NS/c1-2-14-47(15-3-1)58-38-32-52(62-42-51-17-5-7-22-57(51)59-23-8-9-24-60(59)62)43-64(58)67(54-36-30-45(31-37-54)49-33-39-66-63(41-49)61-25-10-11-27-65(61)68-66)53-34-28-44(29-35-53)48-19-12-20-50(40-48)56-26-13-18-46-16-4-6-21-55(46)56/h1-43H. The van der Waals surface area contributed by atoms with Gasteiger partial charge < -0.3 is 4.90 Å². The number of thiophene rings is 1. The van der Waals surface area contributed by atoms with E-state index in [0.29, 0.717) is 0 Å². The molecule has 0 atom stereocenters. The molecule has 0 spiro atoms. The van der Waals surface area contributed by atoms with Crippen LogP contribution in [-0.2, 0) is 0 Å². The number of anilines is 3. The molecule has 0 amide bonds. The van der Waals surface area contributed by atoms with E-state index in [1.54, 1.807) is 0 Å². The molecule has 0 unspecified atom stereocenters. The molecule has 0 saturated heterocycles. The van der Waals surface area contributed by atoms with Crippen molar-refractivity contribution in [1.82, 2.24) is 0 Å². The van der Waals surface area contributed by atoms with Crippen LogP contribution in [0.2, 0.25) is 0 Å². The number of rotatable bonds is 8. The van der Waals surface area contributed by atoms with Crippen molar-refractivity contribution in [3.8, 4) is 55.6 Å². The Labute approximate surface area is 400 Å². The number of benzene rings is 12. The van der Waals surface area contributed by atoms with Crippen molar-refractivity contribution in [1.29, 1.82) is 0 Å². The maximum absolute atomic E-state index is 2.45. The fraction of sp³-hybridized carbons (Fsp3) is 0. The molecule has 0 radical (unpaired) electrons. The highest BCUT2D eigenvalue weighted by Crippen LogP contribution is 2.46. The summed E-state index contributed by atoms with van der Waals surface area (Å²) < 4.78 is 2.64. The third-order valence-electron chi connectivity index (χ3n) is 13.7. The molecule has 0 fully saturated rings. The summed E-state index contributed by atoms with van der Waals surface area (Å²) in [5.41, 5.74) is 15.2.